The number of nitrogens with zero attached hydrogens (tertiary/aromatic N) is 3. The van der Waals surface area contributed by atoms with Crippen molar-refractivity contribution in [3.05, 3.63) is 74.6 Å². The Hall–Kier alpha value is -3.26. The smallest absolute Gasteiger partial charge is 0.340 e. The van der Waals surface area contributed by atoms with Gasteiger partial charge in [-0.25, -0.2) is 4.79 Å². The number of aryl methyl sites for hydroxylation is 1. The molecule has 9 heteroatoms. The van der Waals surface area contributed by atoms with Gasteiger partial charge in [0.2, 0.25) is 5.82 Å². The fourth-order valence-electron chi connectivity index (χ4n) is 2.23. The Morgan fingerprint density at radius 1 is 1.31 bits per heavy atom. The van der Waals surface area contributed by atoms with E-state index in [0.29, 0.717) is 5.82 Å². The van der Waals surface area contributed by atoms with E-state index < -0.39 is 10.9 Å². The molecule has 0 N–H and O–H groups in total. The molecule has 0 saturated heterocycles. The SMILES string of the molecule is Cc1ccccc1-c1noc(COC(=O)c2ccc([N+](=O)[O-])cc2Cl)n1. The van der Waals surface area contributed by atoms with Crippen LogP contribution < -0.4 is 0 Å². The van der Waals surface area contributed by atoms with Crippen molar-refractivity contribution in [2.75, 3.05) is 0 Å². The molecule has 132 valence electrons. The van der Waals surface area contributed by atoms with Gasteiger partial charge in [0.05, 0.1) is 15.5 Å². The van der Waals surface area contributed by atoms with Crippen LogP contribution in [0.25, 0.3) is 11.4 Å². The predicted octanol–water partition coefficient (Wildman–Crippen LogP) is 3.96. The molecule has 8 nitrogen and oxygen atoms in total. The summed E-state index contributed by atoms with van der Waals surface area (Å²) in [6.07, 6.45) is 0. The fourth-order valence-corrected chi connectivity index (χ4v) is 2.49. The van der Waals surface area contributed by atoms with Crippen molar-refractivity contribution in [1.29, 1.82) is 0 Å². The first-order chi connectivity index (χ1) is 12.5. The summed E-state index contributed by atoms with van der Waals surface area (Å²) >= 11 is 5.89. The molecule has 0 spiro atoms. The van der Waals surface area contributed by atoms with Crippen molar-refractivity contribution >= 4 is 23.3 Å². The Morgan fingerprint density at radius 2 is 2.08 bits per heavy atom. The number of esters is 1. The summed E-state index contributed by atoms with van der Waals surface area (Å²) in [5.74, 6) is -0.238. The van der Waals surface area contributed by atoms with Gasteiger partial charge in [0, 0.05) is 17.7 Å². The van der Waals surface area contributed by atoms with Gasteiger partial charge in [-0.3, -0.25) is 10.1 Å². The van der Waals surface area contributed by atoms with Gasteiger partial charge in [-0.2, -0.15) is 4.98 Å². The average molecular weight is 374 g/mol. The molecule has 0 bridgehead atoms. The van der Waals surface area contributed by atoms with Crippen LogP contribution in [0.2, 0.25) is 5.02 Å². The molecule has 0 amide bonds. The van der Waals surface area contributed by atoms with Crippen molar-refractivity contribution in [2.45, 2.75) is 13.5 Å². The third kappa shape index (κ3) is 3.70. The van der Waals surface area contributed by atoms with Crippen LogP contribution in [0, 0.1) is 17.0 Å². The molecule has 1 aromatic heterocycles. The lowest BCUT2D eigenvalue weighted by atomic mass is 10.1. The highest BCUT2D eigenvalue weighted by atomic mass is 35.5. The number of ether oxygens (including phenoxy) is 1. The number of non-ortho nitro benzene ring substituents is 1. The normalized spacial score (nSPS) is 10.5. The summed E-state index contributed by atoms with van der Waals surface area (Å²) in [5, 5.41) is 14.5. The summed E-state index contributed by atoms with van der Waals surface area (Å²) in [7, 11) is 0. The van der Waals surface area contributed by atoms with Crippen molar-refractivity contribution in [2.24, 2.45) is 0 Å². The quantitative estimate of drug-likeness (QED) is 0.378. The second-order valence-electron chi connectivity index (χ2n) is 5.32. The van der Waals surface area contributed by atoms with Crippen molar-refractivity contribution in [3.8, 4) is 11.4 Å². The predicted molar refractivity (Wildman–Crippen MR) is 91.7 cm³/mol. The van der Waals surface area contributed by atoms with E-state index in [-0.39, 0.29) is 28.8 Å². The number of aromatic nitrogens is 2. The maximum atomic E-state index is 12.1. The summed E-state index contributed by atoms with van der Waals surface area (Å²) in [6, 6.07) is 11.0. The van der Waals surface area contributed by atoms with Gasteiger partial charge in [0.25, 0.3) is 11.6 Å². The van der Waals surface area contributed by atoms with Gasteiger partial charge in [0.1, 0.15) is 0 Å². The fraction of sp³-hybridized carbons (Fsp3) is 0.118. The second kappa shape index (κ2) is 7.32. The summed E-state index contributed by atoms with van der Waals surface area (Å²) in [5.41, 5.74) is 1.59. The van der Waals surface area contributed by atoms with Crippen LogP contribution in [0.4, 0.5) is 5.69 Å². The molecular weight excluding hydrogens is 362 g/mol. The van der Waals surface area contributed by atoms with Gasteiger partial charge in [-0.05, 0) is 18.6 Å². The zero-order chi connectivity index (χ0) is 18.7. The van der Waals surface area contributed by atoms with E-state index in [9.17, 15) is 14.9 Å². The monoisotopic (exact) mass is 373 g/mol. The van der Waals surface area contributed by atoms with E-state index in [1.54, 1.807) is 0 Å². The molecule has 26 heavy (non-hydrogen) atoms. The summed E-state index contributed by atoms with van der Waals surface area (Å²) in [6.45, 7) is 1.67. The lowest BCUT2D eigenvalue weighted by Crippen LogP contribution is -2.06. The number of carbonyl (C=O) groups excluding carboxylic acids is 1. The summed E-state index contributed by atoms with van der Waals surface area (Å²) < 4.78 is 10.2. The zero-order valence-corrected chi connectivity index (χ0v) is 14.3. The molecule has 0 unspecified atom stereocenters. The van der Waals surface area contributed by atoms with Crippen LogP contribution >= 0.6 is 11.6 Å². The molecule has 2 aromatic carbocycles. The third-order valence-electron chi connectivity index (χ3n) is 3.56. The van der Waals surface area contributed by atoms with E-state index in [0.717, 1.165) is 17.2 Å². The number of hydrogen-bond donors (Lipinski definition) is 0. The third-order valence-corrected chi connectivity index (χ3v) is 3.88. The van der Waals surface area contributed by atoms with Crippen LogP contribution in [0.5, 0.6) is 0 Å². The number of carbonyl (C=O) groups is 1. The molecule has 0 aliphatic heterocycles. The van der Waals surface area contributed by atoms with Crippen LogP contribution in [-0.2, 0) is 11.3 Å². The van der Waals surface area contributed by atoms with Crippen LogP contribution in [0.3, 0.4) is 0 Å². The Labute approximate surface area is 152 Å². The van der Waals surface area contributed by atoms with Crippen molar-refractivity contribution < 1.29 is 19.0 Å². The largest absolute Gasteiger partial charge is 0.452 e. The second-order valence-corrected chi connectivity index (χ2v) is 5.73. The minimum absolute atomic E-state index is 0.0101. The number of nitro groups is 1. The van der Waals surface area contributed by atoms with Crippen molar-refractivity contribution in [1.82, 2.24) is 10.1 Å². The molecule has 0 radical (unpaired) electrons. The molecule has 3 aromatic rings. The van der Waals surface area contributed by atoms with E-state index in [4.69, 9.17) is 20.9 Å². The van der Waals surface area contributed by atoms with E-state index in [1.165, 1.54) is 12.1 Å². The minimum atomic E-state index is -0.750. The molecule has 0 atom stereocenters. The van der Waals surface area contributed by atoms with Crippen LogP contribution in [-0.4, -0.2) is 21.0 Å². The van der Waals surface area contributed by atoms with Gasteiger partial charge in [-0.1, -0.05) is 41.0 Å². The average Bonchev–Trinajstić information content (AvgIpc) is 3.08. The molecule has 0 saturated carbocycles. The number of hydrogen-bond acceptors (Lipinski definition) is 7. The highest BCUT2D eigenvalue weighted by molar-refractivity contribution is 6.33. The molecule has 0 aliphatic rings. The van der Waals surface area contributed by atoms with Crippen LogP contribution in [0.15, 0.2) is 47.0 Å². The molecule has 0 fully saturated rings. The Kier molecular flexibility index (Phi) is 4.94. The lowest BCUT2D eigenvalue weighted by Gasteiger charge is -2.03. The van der Waals surface area contributed by atoms with Crippen molar-refractivity contribution in [3.63, 3.8) is 0 Å². The number of halogens is 1. The molecular formula is C17H12ClN3O5. The topological polar surface area (TPSA) is 108 Å². The maximum absolute atomic E-state index is 12.1. The first-order valence-corrected chi connectivity index (χ1v) is 7.83. The highest BCUT2D eigenvalue weighted by Crippen LogP contribution is 2.24. The first kappa shape index (κ1) is 17.6. The molecule has 0 aliphatic carbocycles. The maximum Gasteiger partial charge on any atom is 0.340 e. The number of benzene rings is 2. The van der Waals surface area contributed by atoms with Gasteiger partial charge >= 0.3 is 5.97 Å². The van der Waals surface area contributed by atoms with E-state index in [1.807, 2.05) is 31.2 Å². The Morgan fingerprint density at radius 3 is 2.77 bits per heavy atom. The Balaban J connectivity index is 1.69. The van der Waals surface area contributed by atoms with E-state index >= 15 is 0 Å². The lowest BCUT2D eigenvalue weighted by molar-refractivity contribution is -0.384. The number of nitro benzene ring substituents is 1. The molecule has 3 rings (SSSR count). The van der Waals surface area contributed by atoms with Gasteiger partial charge < -0.3 is 9.26 Å². The van der Waals surface area contributed by atoms with E-state index in [2.05, 4.69) is 10.1 Å². The zero-order valence-electron chi connectivity index (χ0n) is 13.5. The number of rotatable bonds is 5. The van der Waals surface area contributed by atoms with Gasteiger partial charge in [-0.15, -0.1) is 0 Å². The molecule has 1 heterocycles. The standard InChI is InChI=1S/C17H12ClN3O5/c1-10-4-2-3-5-12(10)16-19-15(26-20-16)9-25-17(22)13-7-6-11(21(23)24)8-14(13)18/h2-8H,9H2,1H3. The highest BCUT2D eigenvalue weighted by Gasteiger charge is 2.18. The summed E-state index contributed by atoms with van der Waals surface area (Å²) in [4.78, 5) is 26.4. The minimum Gasteiger partial charge on any atom is -0.452 e. The Bertz CT molecular complexity index is 986. The van der Waals surface area contributed by atoms with Gasteiger partial charge in [0.15, 0.2) is 6.61 Å². The van der Waals surface area contributed by atoms with Crippen LogP contribution in [0.1, 0.15) is 21.8 Å². The first-order valence-electron chi connectivity index (χ1n) is 7.45.